The summed E-state index contributed by atoms with van der Waals surface area (Å²) in [4.78, 5) is 23.0. The number of hydrogen-bond acceptors (Lipinski definition) is 3. The molecule has 0 aromatic heterocycles. The maximum absolute atomic E-state index is 11.6. The summed E-state index contributed by atoms with van der Waals surface area (Å²) in [5, 5.41) is 3.69. The average molecular weight is 278 g/mol. The lowest BCUT2D eigenvalue weighted by molar-refractivity contribution is -0.114. The molecule has 1 aliphatic carbocycles. The maximum atomic E-state index is 11.6. The number of carbonyl (C=O) groups is 2. The molecular weight excluding hydrogens is 262 g/mol. The first kappa shape index (κ1) is 13.8. The number of ketones is 2. The molecule has 3 nitrogen and oxygen atoms in total. The second kappa shape index (κ2) is 5.57. The van der Waals surface area contributed by atoms with Gasteiger partial charge in [0.25, 0.3) is 0 Å². The number of rotatable bonds is 4. The summed E-state index contributed by atoms with van der Waals surface area (Å²) in [7, 11) is 0. The van der Waals surface area contributed by atoms with E-state index in [1.165, 1.54) is 0 Å². The van der Waals surface area contributed by atoms with Crippen LogP contribution < -0.4 is 5.32 Å². The maximum Gasteiger partial charge on any atom is 0.162 e. The van der Waals surface area contributed by atoms with Crippen molar-refractivity contribution in [3.8, 4) is 0 Å². The highest BCUT2D eigenvalue weighted by atomic mass is 35.5. The van der Waals surface area contributed by atoms with Crippen molar-refractivity contribution >= 4 is 28.9 Å². The van der Waals surface area contributed by atoms with Crippen molar-refractivity contribution in [2.45, 2.75) is 33.1 Å². The van der Waals surface area contributed by atoms with Crippen LogP contribution in [0.25, 0.3) is 0 Å². The van der Waals surface area contributed by atoms with Gasteiger partial charge >= 0.3 is 0 Å². The standard InChI is InChI=1S/C15H16ClNO2/c1-3-14(18)10-4-5-13(11(16)8-10)17-12-6-7-15(19)9(12)2/h4-5,8,17H,3,6-7H2,1-2H3. The number of Topliss-reactive ketones (excluding diaryl/α,β-unsaturated/α-hetero) is 2. The number of halogens is 1. The number of benzene rings is 1. The van der Waals surface area contributed by atoms with Crippen molar-refractivity contribution in [3.05, 3.63) is 40.1 Å². The van der Waals surface area contributed by atoms with Crippen LogP contribution in [0.5, 0.6) is 0 Å². The van der Waals surface area contributed by atoms with Crippen LogP contribution >= 0.6 is 11.6 Å². The fraction of sp³-hybridized carbons (Fsp3) is 0.333. The van der Waals surface area contributed by atoms with Gasteiger partial charge in [0.05, 0.1) is 10.7 Å². The topological polar surface area (TPSA) is 46.2 Å². The highest BCUT2D eigenvalue weighted by Crippen LogP contribution is 2.29. The summed E-state index contributed by atoms with van der Waals surface area (Å²) in [6, 6.07) is 5.21. The van der Waals surface area contributed by atoms with Crippen LogP contribution in [0, 0.1) is 0 Å². The van der Waals surface area contributed by atoms with Crippen LogP contribution in [0.1, 0.15) is 43.5 Å². The van der Waals surface area contributed by atoms with Crippen LogP contribution in [-0.2, 0) is 4.79 Å². The van der Waals surface area contributed by atoms with E-state index in [2.05, 4.69) is 5.32 Å². The molecule has 0 atom stereocenters. The zero-order valence-electron chi connectivity index (χ0n) is 11.0. The predicted octanol–water partition coefficient (Wildman–Crippen LogP) is 3.98. The summed E-state index contributed by atoms with van der Waals surface area (Å²) in [5.41, 5.74) is 3.04. The molecule has 1 aliphatic rings. The molecule has 1 aromatic carbocycles. The smallest absolute Gasteiger partial charge is 0.162 e. The molecule has 2 rings (SSSR count). The Morgan fingerprint density at radius 1 is 1.37 bits per heavy atom. The van der Waals surface area contributed by atoms with Gasteiger partial charge in [-0.05, 0) is 31.5 Å². The second-order valence-electron chi connectivity index (χ2n) is 4.62. The van der Waals surface area contributed by atoms with E-state index in [9.17, 15) is 9.59 Å². The number of carbonyl (C=O) groups excluding carboxylic acids is 2. The molecule has 0 amide bonds. The van der Waals surface area contributed by atoms with E-state index in [0.29, 0.717) is 23.4 Å². The zero-order chi connectivity index (χ0) is 14.0. The normalized spacial score (nSPS) is 15.0. The molecule has 0 bridgehead atoms. The van der Waals surface area contributed by atoms with Crippen molar-refractivity contribution in [1.29, 1.82) is 0 Å². The first-order chi connectivity index (χ1) is 9.02. The fourth-order valence-electron chi connectivity index (χ4n) is 2.09. The lowest BCUT2D eigenvalue weighted by atomic mass is 10.1. The SMILES string of the molecule is CCC(=O)c1ccc(NC2=C(C)C(=O)CC2)c(Cl)c1. The summed E-state index contributed by atoms with van der Waals surface area (Å²) >= 11 is 6.17. The van der Waals surface area contributed by atoms with Crippen molar-refractivity contribution < 1.29 is 9.59 Å². The quantitative estimate of drug-likeness (QED) is 0.847. The molecular formula is C15H16ClNO2. The van der Waals surface area contributed by atoms with Gasteiger partial charge in [-0.2, -0.15) is 0 Å². The van der Waals surface area contributed by atoms with E-state index in [1.807, 2.05) is 13.8 Å². The Bertz CT molecular complexity index is 576. The second-order valence-corrected chi connectivity index (χ2v) is 5.03. The summed E-state index contributed by atoms with van der Waals surface area (Å²) in [5.74, 6) is 0.247. The summed E-state index contributed by atoms with van der Waals surface area (Å²) in [6.07, 6.45) is 1.73. The van der Waals surface area contributed by atoms with Gasteiger partial charge in [0.15, 0.2) is 11.6 Å². The number of anilines is 1. The molecule has 0 saturated heterocycles. The number of nitrogens with one attached hydrogen (secondary N) is 1. The minimum absolute atomic E-state index is 0.0693. The van der Waals surface area contributed by atoms with Crippen molar-refractivity contribution in [3.63, 3.8) is 0 Å². The van der Waals surface area contributed by atoms with E-state index < -0.39 is 0 Å². The third-order valence-corrected chi connectivity index (χ3v) is 3.68. The minimum atomic E-state index is 0.0693. The molecule has 0 heterocycles. The molecule has 0 aliphatic heterocycles. The molecule has 0 unspecified atom stereocenters. The first-order valence-electron chi connectivity index (χ1n) is 6.35. The molecule has 0 saturated carbocycles. The average Bonchev–Trinajstić information content (AvgIpc) is 2.72. The van der Waals surface area contributed by atoms with Crippen molar-refractivity contribution in [2.75, 3.05) is 5.32 Å². The summed E-state index contributed by atoms with van der Waals surface area (Å²) < 4.78 is 0. The van der Waals surface area contributed by atoms with Gasteiger partial charge < -0.3 is 5.32 Å². The first-order valence-corrected chi connectivity index (χ1v) is 6.73. The Morgan fingerprint density at radius 3 is 2.63 bits per heavy atom. The van der Waals surface area contributed by atoms with Gasteiger partial charge in [0.1, 0.15) is 0 Å². The highest BCUT2D eigenvalue weighted by molar-refractivity contribution is 6.33. The predicted molar refractivity (Wildman–Crippen MR) is 76.6 cm³/mol. The largest absolute Gasteiger partial charge is 0.357 e. The zero-order valence-corrected chi connectivity index (χ0v) is 11.8. The fourth-order valence-corrected chi connectivity index (χ4v) is 2.32. The molecule has 100 valence electrons. The van der Waals surface area contributed by atoms with Gasteiger partial charge in [-0.3, -0.25) is 9.59 Å². The Balaban J connectivity index is 2.23. The van der Waals surface area contributed by atoms with Crippen LogP contribution in [0.15, 0.2) is 29.5 Å². The van der Waals surface area contributed by atoms with E-state index in [0.717, 1.165) is 23.4 Å². The Kier molecular flexibility index (Phi) is 4.05. The van der Waals surface area contributed by atoms with E-state index >= 15 is 0 Å². The number of hydrogen-bond donors (Lipinski definition) is 1. The lowest BCUT2D eigenvalue weighted by Gasteiger charge is -2.11. The van der Waals surface area contributed by atoms with Crippen LogP contribution in [0.2, 0.25) is 5.02 Å². The third-order valence-electron chi connectivity index (χ3n) is 3.37. The van der Waals surface area contributed by atoms with E-state index in [1.54, 1.807) is 18.2 Å². The molecule has 4 heteroatoms. The molecule has 0 spiro atoms. The minimum Gasteiger partial charge on any atom is -0.357 e. The van der Waals surface area contributed by atoms with Crippen LogP contribution in [-0.4, -0.2) is 11.6 Å². The molecule has 1 aromatic rings. The van der Waals surface area contributed by atoms with E-state index in [4.69, 9.17) is 11.6 Å². The van der Waals surface area contributed by atoms with Gasteiger partial charge in [-0.1, -0.05) is 18.5 Å². The highest BCUT2D eigenvalue weighted by Gasteiger charge is 2.19. The Labute approximate surface area is 117 Å². The molecule has 1 N–H and O–H groups in total. The van der Waals surface area contributed by atoms with Crippen LogP contribution in [0.4, 0.5) is 5.69 Å². The van der Waals surface area contributed by atoms with E-state index in [-0.39, 0.29) is 11.6 Å². The van der Waals surface area contributed by atoms with Gasteiger partial charge in [-0.25, -0.2) is 0 Å². The Hall–Kier alpha value is -1.61. The van der Waals surface area contributed by atoms with Gasteiger partial charge in [-0.15, -0.1) is 0 Å². The molecule has 0 fully saturated rings. The Morgan fingerprint density at radius 2 is 2.11 bits per heavy atom. The van der Waals surface area contributed by atoms with Gasteiger partial charge in [0, 0.05) is 29.7 Å². The third kappa shape index (κ3) is 2.87. The number of allylic oxidation sites excluding steroid dienone is 2. The molecule has 19 heavy (non-hydrogen) atoms. The monoisotopic (exact) mass is 277 g/mol. The van der Waals surface area contributed by atoms with Crippen molar-refractivity contribution in [1.82, 2.24) is 0 Å². The van der Waals surface area contributed by atoms with Crippen molar-refractivity contribution in [2.24, 2.45) is 0 Å². The molecule has 0 radical (unpaired) electrons. The lowest BCUT2D eigenvalue weighted by Crippen LogP contribution is -2.02. The summed E-state index contributed by atoms with van der Waals surface area (Å²) in [6.45, 7) is 3.64. The van der Waals surface area contributed by atoms with Crippen LogP contribution in [0.3, 0.4) is 0 Å². The van der Waals surface area contributed by atoms with Gasteiger partial charge in [0.2, 0.25) is 0 Å².